The summed E-state index contributed by atoms with van der Waals surface area (Å²) in [6.07, 6.45) is 4.86. The summed E-state index contributed by atoms with van der Waals surface area (Å²) in [5, 5.41) is 19.0. The summed E-state index contributed by atoms with van der Waals surface area (Å²) in [6, 6.07) is 9.83. The summed E-state index contributed by atoms with van der Waals surface area (Å²) < 4.78 is 0. The number of benzene rings is 1. The number of carbonyl (C=O) groups excluding carboxylic acids is 1. The monoisotopic (exact) mass is 375 g/mol. The number of carbonyl (C=O) groups is 2. The molecular formula is C22H33NO4. The van der Waals surface area contributed by atoms with E-state index in [0.29, 0.717) is 13.0 Å². The zero-order valence-electron chi connectivity index (χ0n) is 16.5. The van der Waals surface area contributed by atoms with E-state index in [1.165, 1.54) is 5.56 Å². The number of carboxylic acid groups (broad SMARTS) is 1. The van der Waals surface area contributed by atoms with Crippen LogP contribution in [0.5, 0.6) is 0 Å². The quantitative estimate of drug-likeness (QED) is 0.614. The highest BCUT2D eigenvalue weighted by Gasteiger charge is 2.39. The van der Waals surface area contributed by atoms with Crippen LogP contribution >= 0.6 is 0 Å². The van der Waals surface area contributed by atoms with Crippen molar-refractivity contribution in [3.05, 3.63) is 35.9 Å². The first-order valence-corrected chi connectivity index (χ1v) is 10.2. The molecule has 0 aromatic heterocycles. The SMILES string of the molecule is CC(C)[C@H](CCCCCc1ccccc1)C(=O)N1CCC[C@H]1C(O)C(=O)O. The molecule has 1 saturated heterocycles. The molecule has 1 unspecified atom stereocenters. The molecule has 1 amide bonds. The fraction of sp³-hybridized carbons (Fsp3) is 0.636. The number of aliphatic hydroxyl groups excluding tert-OH is 1. The minimum Gasteiger partial charge on any atom is -0.479 e. The van der Waals surface area contributed by atoms with E-state index in [2.05, 4.69) is 24.3 Å². The second-order valence-electron chi connectivity index (χ2n) is 7.96. The van der Waals surface area contributed by atoms with Crippen molar-refractivity contribution in [1.29, 1.82) is 0 Å². The molecule has 1 aliphatic heterocycles. The molecule has 0 bridgehead atoms. The minimum atomic E-state index is -1.49. The van der Waals surface area contributed by atoms with E-state index in [1.54, 1.807) is 4.90 Å². The predicted molar refractivity (Wildman–Crippen MR) is 105 cm³/mol. The summed E-state index contributed by atoms with van der Waals surface area (Å²) >= 11 is 0. The van der Waals surface area contributed by atoms with E-state index in [4.69, 9.17) is 5.11 Å². The molecule has 27 heavy (non-hydrogen) atoms. The van der Waals surface area contributed by atoms with Crippen LogP contribution in [0, 0.1) is 11.8 Å². The zero-order valence-corrected chi connectivity index (χ0v) is 16.5. The molecule has 0 aliphatic carbocycles. The molecule has 0 spiro atoms. The van der Waals surface area contributed by atoms with Gasteiger partial charge < -0.3 is 15.1 Å². The fourth-order valence-electron chi connectivity index (χ4n) is 4.03. The van der Waals surface area contributed by atoms with Gasteiger partial charge in [-0.2, -0.15) is 0 Å². The number of amides is 1. The Bertz CT molecular complexity index is 602. The van der Waals surface area contributed by atoms with Crippen molar-refractivity contribution < 1.29 is 19.8 Å². The third-order valence-electron chi connectivity index (χ3n) is 5.65. The molecule has 0 radical (unpaired) electrons. The molecule has 5 heteroatoms. The van der Waals surface area contributed by atoms with Gasteiger partial charge in [-0.05, 0) is 43.6 Å². The fourth-order valence-corrected chi connectivity index (χ4v) is 4.03. The Morgan fingerprint density at radius 3 is 2.48 bits per heavy atom. The average Bonchev–Trinajstić information content (AvgIpc) is 3.13. The second kappa shape index (κ2) is 10.5. The first-order chi connectivity index (χ1) is 12.9. The van der Waals surface area contributed by atoms with Crippen molar-refractivity contribution in [3.8, 4) is 0 Å². The smallest absolute Gasteiger partial charge is 0.334 e. The Morgan fingerprint density at radius 1 is 1.15 bits per heavy atom. The largest absolute Gasteiger partial charge is 0.479 e. The van der Waals surface area contributed by atoms with E-state index in [1.807, 2.05) is 19.9 Å². The van der Waals surface area contributed by atoms with E-state index in [-0.39, 0.29) is 17.7 Å². The highest BCUT2D eigenvalue weighted by atomic mass is 16.4. The van der Waals surface area contributed by atoms with Crippen LogP contribution in [-0.2, 0) is 16.0 Å². The highest BCUT2D eigenvalue weighted by molar-refractivity contribution is 5.81. The van der Waals surface area contributed by atoms with Gasteiger partial charge in [0.2, 0.25) is 5.91 Å². The molecule has 5 nitrogen and oxygen atoms in total. The number of aliphatic carboxylic acids is 1. The van der Waals surface area contributed by atoms with Crippen LogP contribution in [0.15, 0.2) is 30.3 Å². The number of carboxylic acids is 1. The first kappa shape index (κ1) is 21.4. The summed E-state index contributed by atoms with van der Waals surface area (Å²) in [5.41, 5.74) is 1.34. The predicted octanol–water partition coefficient (Wildman–Crippen LogP) is 3.50. The maximum atomic E-state index is 13.0. The van der Waals surface area contributed by atoms with Gasteiger partial charge in [0.05, 0.1) is 6.04 Å². The molecular weight excluding hydrogens is 342 g/mol. The van der Waals surface area contributed by atoms with Crippen molar-refractivity contribution >= 4 is 11.9 Å². The second-order valence-corrected chi connectivity index (χ2v) is 7.96. The number of aliphatic hydroxyl groups is 1. The molecule has 3 atom stereocenters. The van der Waals surface area contributed by atoms with Crippen molar-refractivity contribution in [2.24, 2.45) is 11.8 Å². The van der Waals surface area contributed by atoms with Crippen LogP contribution in [0.3, 0.4) is 0 Å². The summed E-state index contributed by atoms with van der Waals surface area (Å²) in [4.78, 5) is 25.8. The van der Waals surface area contributed by atoms with Gasteiger partial charge in [0, 0.05) is 12.5 Å². The molecule has 1 aliphatic rings. The maximum Gasteiger partial charge on any atom is 0.334 e. The summed E-state index contributed by atoms with van der Waals surface area (Å²) in [5.74, 6) is -1.14. The number of rotatable bonds is 10. The van der Waals surface area contributed by atoms with E-state index >= 15 is 0 Å². The van der Waals surface area contributed by atoms with Gasteiger partial charge in [0.1, 0.15) is 0 Å². The molecule has 150 valence electrons. The summed E-state index contributed by atoms with van der Waals surface area (Å²) in [6.45, 7) is 4.64. The zero-order chi connectivity index (χ0) is 19.8. The van der Waals surface area contributed by atoms with Crippen molar-refractivity contribution in [2.45, 2.75) is 70.9 Å². The van der Waals surface area contributed by atoms with Crippen LogP contribution in [0.2, 0.25) is 0 Å². The van der Waals surface area contributed by atoms with E-state index in [9.17, 15) is 14.7 Å². The molecule has 1 aromatic carbocycles. The highest BCUT2D eigenvalue weighted by Crippen LogP contribution is 2.28. The van der Waals surface area contributed by atoms with Gasteiger partial charge in [-0.25, -0.2) is 4.79 Å². The van der Waals surface area contributed by atoms with Crippen molar-refractivity contribution in [3.63, 3.8) is 0 Å². The van der Waals surface area contributed by atoms with E-state index in [0.717, 1.165) is 38.5 Å². The third kappa shape index (κ3) is 6.06. The van der Waals surface area contributed by atoms with Gasteiger partial charge in [-0.15, -0.1) is 0 Å². The van der Waals surface area contributed by atoms with Gasteiger partial charge in [0.15, 0.2) is 6.10 Å². The van der Waals surface area contributed by atoms with Crippen LogP contribution in [0.4, 0.5) is 0 Å². The van der Waals surface area contributed by atoms with Crippen LogP contribution in [-0.4, -0.2) is 45.7 Å². The molecule has 1 heterocycles. The number of nitrogens with zero attached hydrogens (tertiary/aromatic N) is 1. The Labute approximate surface area is 162 Å². The lowest BCUT2D eigenvalue weighted by Crippen LogP contribution is -2.48. The van der Waals surface area contributed by atoms with Gasteiger partial charge in [-0.1, -0.05) is 57.0 Å². The Hall–Kier alpha value is -1.88. The summed E-state index contributed by atoms with van der Waals surface area (Å²) in [7, 11) is 0. The molecule has 2 rings (SSSR count). The first-order valence-electron chi connectivity index (χ1n) is 10.2. The molecule has 1 fully saturated rings. The molecule has 0 saturated carbocycles. The number of hydrogen-bond donors (Lipinski definition) is 2. The standard InChI is InChI=1S/C22H33NO4/c1-16(2)18(13-8-4-7-12-17-10-5-3-6-11-17)21(25)23-15-9-14-19(23)20(24)22(26)27/h3,5-6,10-11,16,18-20,24H,4,7-9,12-15H2,1-2H3,(H,26,27)/t18-,19-,20?/m0/s1. The molecule has 1 aromatic rings. The molecule has 2 N–H and O–H groups in total. The lowest BCUT2D eigenvalue weighted by molar-refractivity contribution is -0.153. The maximum absolute atomic E-state index is 13.0. The topological polar surface area (TPSA) is 77.8 Å². The Morgan fingerprint density at radius 2 is 1.85 bits per heavy atom. The van der Waals surface area contributed by atoms with Gasteiger partial charge in [-0.3, -0.25) is 4.79 Å². The van der Waals surface area contributed by atoms with Crippen molar-refractivity contribution in [2.75, 3.05) is 6.54 Å². The lowest BCUT2D eigenvalue weighted by Gasteiger charge is -2.31. The van der Waals surface area contributed by atoms with Crippen LogP contribution in [0.25, 0.3) is 0 Å². The number of unbranched alkanes of at least 4 members (excludes halogenated alkanes) is 2. The van der Waals surface area contributed by atoms with Crippen molar-refractivity contribution in [1.82, 2.24) is 4.90 Å². The van der Waals surface area contributed by atoms with E-state index < -0.39 is 18.1 Å². The normalized spacial score (nSPS) is 19.3. The van der Waals surface area contributed by atoms with Gasteiger partial charge in [0.25, 0.3) is 0 Å². The Balaban J connectivity index is 1.84. The lowest BCUT2D eigenvalue weighted by atomic mass is 9.88. The van der Waals surface area contributed by atoms with Crippen LogP contribution in [0.1, 0.15) is 57.9 Å². The average molecular weight is 376 g/mol. The minimum absolute atomic E-state index is 0.0101. The van der Waals surface area contributed by atoms with Gasteiger partial charge >= 0.3 is 5.97 Å². The van der Waals surface area contributed by atoms with Crippen LogP contribution < -0.4 is 0 Å². The number of likely N-dealkylation sites (tertiary alicyclic amines) is 1. The number of aryl methyl sites for hydroxylation is 1. The Kier molecular flexibility index (Phi) is 8.29. The number of hydrogen-bond acceptors (Lipinski definition) is 3. The third-order valence-corrected chi connectivity index (χ3v) is 5.65.